The molecule has 1 aliphatic rings. The summed E-state index contributed by atoms with van der Waals surface area (Å²) in [4.78, 5) is 12.8. The number of ether oxygens (including phenoxy) is 1. The van der Waals surface area contributed by atoms with Gasteiger partial charge in [0.1, 0.15) is 0 Å². The Labute approximate surface area is 83.1 Å². The van der Waals surface area contributed by atoms with Gasteiger partial charge < -0.3 is 4.74 Å². The van der Waals surface area contributed by atoms with Crippen LogP contribution in [0.1, 0.15) is 5.56 Å². The van der Waals surface area contributed by atoms with Crippen LogP contribution in [0.2, 0.25) is 0 Å². The van der Waals surface area contributed by atoms with Crippen LogP contribution in [0.15, 0.2) is 18.5 Å². The second kappa shape index (κ2) is 4.39. The molecule has 4 nitrogen and oxygen atoms in total. The van der Waals surface area contributed by atoms with Crippen LogP contribution in [0.5, 0.6) is 0 Å². The molecular weight excluding hydrogens is 180 g/mol. The Hall–Kier alpha value is -1.13. The molecule has 1 aromatic rings. The highest BCUT2D eigenvalue weighted by Gasteiger charge is 2.10. The Bertz CT molecular complexity index is 303. The average Bonchev–Trinajstić information content (AvgIpc) is 2.67. The van der Waals surface area contributed by atoms with E-state index in [1.165, 1.54) is 10.1 Å². The minimum atomic E-state index is 0.808. The smallest absolute Gasteiger partial charge is 0.217 e. The predicted molar refractivity (Wildman–Crippen MR) is 52.7 cm³/mol. The van der Waals surface area contributed by atoms with Crippen LogP contribution in [-0.4, -0.2) is 42.2 Å². The van der Waals surface area contributed by atoms with E-state index in [0.29, 0.717) is 0 Å². The fraction of sp³-hybridized carbons (Fsp3) is 0.500. The number of hydrogen-bond donors (Lipinski definition) is 0. The number of nitrogens with zero attached hydrogens (tertiary/aromatic N) is 2. The molecule has 0 bridgehead atoms. The largest absolute Gasteiger partial charge is 0.379 e. The van der Waals surface area contributed by atoms with E-state index >= 15 is 0 Å². The topological polar surface area (TPSA) is 34.5 Å². The van der Waals surface area contributed by atoms with Crippen molar-refractivity contribution >= 4 is 6.41 Å². The number of hydrogen-bond acceptors (Lipinski definition) is 3. The third kappa shape index (κ3) is 2.21. The summed E-state index contributed by atoms with van der Waals surface area (Å²) in [6.45, 7) is 4.49. The number of carbonyl (C=O) groups is 1. The summed E-state index contributed by atoms with van der Waals surface area (Å²) in [6.07, 6.45) is 4.45. The van der Waals surface area contributed by atoms with Crippen LogP contribution in [0.25, 0.3) is 0 Å². The van der Waals surface area contributed by atoms with E-state index in [1.807, 2.05) is 12.3 Å². The van der Waals surface area contributed by atoms with E-state index in [-0.39, 0.29) is 0 Å². The van der Waals surface area contributed by atoms with Crippen molar-refractivity contribution in [3.63, 3.8) is 0 Å². The number of morpholine rings is 1. The van der Waals surface area contributed by atoms with Gasteiger partial charge in [-0.15, -0.1) is 0 Å². The summed E-state index contributed by atoms with van der Waals surface area (Å²) in [7, 11) is 0. The molecule has 0 atom stereocenters. The quantitative estimate of drug-likeness (QED) is 0.651. The van der Waals surface area contributed by atoms with Gasteiger partial charge in [-0.1, -0.05) is 0 Å². The molecule has 0 aliphatic carbocycles. The monoisotopic (exact) mass is 194 g/mol. The van der Waals surface area contributed by atoms with E-state index in [1.54, 1.807) is 6.20 Å². The molecule has 2 heterocycles. The summed E-state index contributed by atoms with van der Waals surface area (Å²) in [5.74, 6) is 0. The number of aromatic nitrogens is 1. The van der Waals surface area contributed by atoms with E-state index in [4.69, 9.17) is 4.74 Å². The van der Waals surface area contributed by atoms with Crippen molar-refractivity contribution in [2.24, 2.45) is 0 Å². The van der Waals surface area contributed by atoms with Crippen LogP contribution in [-0.2, 0) is 16.1 Å². The molecule has 76 valence electrons. The SMILES string of the molecule is O=Cn1ccc(CN2CCOCC2)c1. The average molecular weight is 194 g/mol. The van der Waals surface area contributed by atoms with E-state index in [2.05, 4.69) is 4.90 Å². The number of rotatable bonds is 3. The van der Waals surface area contributed by atoms with E-state index < -0.39 is 0 Å². The molecule has 2 rings (SSSR count). The molecule has 4 heteroatoms. The van der Waals surface area contributed by atoms with E-state index in [9.17, 15) is 4.79 Å². The highest BCUT2D eigenvalue weighted by molar-refractivity contribution is 5.52. The second-order valence-electron chi connectivity index (χ2n) is 3.46. The van der Waals surface area contributed by atoms with Gasteiger partial charge in [-0.3, -0.25) is 14.3 Å². The molecule has 0 N–H and O–H groups in total. The van der Waals surface area contributed by atoms with Crippen molar-refractivity contribution in [2.45, 2.75) is 6.54 Å². The lowest BCUT2D eigenvalue weighted by Gasteiger charge is -2.25. The van der Waals surface area contributed by atoms with Gasteiger partial charge in [0, 0.05) is 32.0 Å². The maximum atomic E-state index is 10.4. The van der Waals surface area contributed by atoms with Gasteiger partial charge in [-0.2, -0.15) is 0 Å². The van der Waals surface area contributed by atoms with Gasteiger partial charge in [0.25, 0.3) is 0 Å². The van der Waals surface area contributed by atoms with Crippen molar-refractivity contribution in [3.8, 4) is 0 Å². The van der Waals surface area contributed by atoms with Gasteiger partial charge in [0.05, 0.1) is 13.2 Å². The fourth-order valence-electron chi connectivity index (χ4n) is 1.64. The summed E-state index contributed by atoms with van der Waals surface area (Å²) in [5, 5.41) is 0. The minimum Gasteiger partial charge on any atom is -0.379 e. The summed E-state index contributed by atoms with van der Waals surface area (Å²) in [5.41, 5.74) is 1.18. The van der Waals surface area contributed by atoms with Crippen LogP contribution >= 0.6 is 0 Å². The molecular formula is C10H14N2O2. The van der Waals surface area contributed by atoms with Gasteiger partial charge in [0.2, 0.25) is 6.41 Å². The molecule has 0 saturated carbocycles. The lowest BCUT2D eigenvalue weighted by atomic mass is 10.3. The van der Waals surface area contributed by atoms with Crippen molar-refractivity contribution in [2.75, 3.05) is 26.3 Å². The highest BCUT2D eigenvalue weighted by Crippen LogP contribution is 2.06. The molecule has 0 amide bonds. The predicted octanol–water partition coefficient (Wildman–Crippen LogP) is 0.359. The molecule has 1 aromatic heterocycles. The van der Waals surface area contributed by atoms with Crippen molar-refractivity contribution in [3.05, 3.63) is 24.0 Å². The Kier molecular flexibility index (Phi) is 2.96. The molecule has 0 aromatic carbocycles. The Morgan fingerprint density at radius 3 is 2.86 bits per heavy atom. The first kappa shape index (κ1) is 9.43. The first-order valence-corrected chi connectivity index (χ1v) is 4.80. The lowest BCUT2D eigenvalue weighted by molar-refractivity contribution is 0.0342. The van der Waals surface area contributed by atoms with Crippen LogP contribution in [0.3, 0.4) is 0 Å². The van der Waals surface area contributed by atoms with Gasteiger partial charge >= 0.3 is 0 Å². The zero-order valence-electron chi connectivity index (χ0n) is 8.06. The molecule has 1 fully saturated rings. The second-order valence-corrected chi connectivity index (χ2v) is 3.46. The maximum Gasteiger partial charge on any atom is 0.217 e. The normalized spacial score (nSPS) is 18.3. The van der Waals surface area contributed by atoms with Crippen molar-refractivity contribution in [1.29, 1.82) is 0 Å². The first-order valence-electron chi connectivity index (χ1n) is 4.80. The Morgan fingerprint density at radius 2 is 2.21 bits per heavy atom. The zero-order chi connectivity index (χ0) is 9.80. The number of carbonyl (C=O) groups excluding carboxylic acids is 1. The molecule has 0 spiro atoms. The minimum absolute atomic E-state index is 0.808. The van der Waals surface area contributed by atoms with Crippen molar-refractivity contribution < 1.29 is 9.53 Å². The van der Waals surface area contributed by atoms with Crippen molar-refractivity contribution in [1.82, 2.24) is 9.47 Å². The maximum absolute atomic E-state index is 10.4. The van der Waals surface area contributed by atoms with Crippen LogP contribution < -0.4 is 0 Å². The molecule has 14 heavy (non-hydrogen) atoms. The summed E-state index contributed by atoms with van der Waals surface area (Å²) < 4.78 is 6.80. The van der Waals surface area contributed by atoms with Gasteiger partial charge in [0.15, 0.2) is 0 Å². The molecule has 1 aliphatic heterocycles. The standard InChI is InChI=1S/C10H14N2O2/c13-9-12-2-1-10(8-12)7-11-3-5-14-6-4-11/h1-2,8-9H,3-7H2. The third-order valence-electron chi connectivity index (χ3n) is 2.41. The Balaban J connectivity index is 1.92. The van der Waals surface area contributed by atoms with Gasteiger partial charge in [-0.05, 0) is 11.6 Å². The highest BCUT2D eigenvalue weighted by atomic mass is 16.5. The fourth-order valence-corrected chi connectivity index (χ4v) is 1.64. The Morgan fingerprint density at radius 1 is 1.43 bits per heavy atom. The van der Waals surface area contributed by atoms with E-state index in [0.717, 1.165) is 39.3 Å². The lowest BCUT2D eigenvalue weighted by Crippen LogP contribution is -2.35. The van der Waals surface area contributed by atoms with Crippen LogP contribution in [0, 0.1) is 0 Å². The van der Waals surface area contributed by atoms with Gasteiger partial charge in [-0.25, -0.2) is 0 Å². The summed E-state index contributed by atoms with van der Waals surface area (Å²) >= 11 is 0. The molecule has 0 unspecified atom stereocenters. The van der Waals surface area contributed by atoms with Crippen LogP contribution in [0.4, 0.5) is 0 Å². The zero-order valence-corrected chi connectivity index (χ0v) is 8.06. The summed E-state index contributed by atoms with van der Waals surface area (Å²) in [6, 6.07) is 1.98. The first-order chi connectivity index (χ1) is 6.88. The third-order valence-corrected chi connectivity index (χ3v) is 2.41. The molecule has 0 radical (unpaired) electrons. The molecule has 1 saturated heterocycles.